The summed E-state index contributed by atoms with van der Waals surface area (Å²) in [6, 6.07) is 23.5. The van der Waals surface area contributed by atoms with Gasteiger partial charge in [0.25, 0.3) is 0 Å². The second-order valence-corrected chi connectivity index (χ2v) is 5.69. The molecule has 0 saturated carbocycles. The maximum absolute atomic E-state index is 12.5. The van der Waals surface area contributed by atoms with Gasteiger partial charge in [0.05, 0.1) is 12.2 Å². The molecule has 0 unspecified atom stereocenters. The molecule has 0 aliphatic carbocycles. The summed E-state index contributed by atoms with van der Waals surface area (Å²) in [7, 11) is 0. The van der Waals surface area contributed by atoms with Crippen LogP contribution in [0.2, 0.25) is 0 Å². The van der Waals surface area contributed by atoms with E-state index in [0.717, 1.165) is 16.8 Å². The monoisotopic (exact) mass is 368 g/mol. The average Bonchev–Trinajstić information content (AvgIpc) is 2.68. The summed E-state index contributed by atoms with van der Waals surface area (Å²) in [5, 5.41) is 5.68. The smallest absolute Gasteiger partial charge is 0.387 e. The van der Waals surface area contributed by atoms with E-state index >= 15 is 0 Å². The molecule has 4 nitrogen and oxygen atoms in total. The van der Waals surface area contributed by atoms with E-state index in [0.29, 0.717) is 0 Å². The second-order valence-electron chi connectivity index (χ2n) is 5.69. The Bertz CT molecular complexity index is 901. The lowest BCUT2D eigenvalue weighted by Gasteiger charge is -2.14. The Balaban J connectivity index is 1.68. The van der Waals surface area contributed by atoms with Gasteiger partial charge in [0.15, 0.2) is 0 Å². The van der Waals surface area contributed by atoms with Crippen molar-refractivity contribution in [3.05, 3.63) is 78.9 Å². The largest absolute Gasteiger partial charge is 0.433 e. The maximum atomic E-state index is 12.5. The number of carbonyl (C=O) groups excluding carboxylic acids is 1. The third-order valence-corrected chi connectivity index (χ3v) is 3.83. The van der Waals surface area contributed by atoms with Crippen LogP contribution in [0.3, 0.4) is 0 Å². The summed E-state index contributed by atoms with van der Waals surface area (Å²) in [5.74, 6) is -0.450. The minimum absolute atomic E-state index is 0.0210. The summed E-state index contributed by atoms with van der Waals surface area (Å²) in [6.45, 7) is -2.98. The lowest BCUT2D eigenvalue weighted by molar-refractivity contribution is -0.114. The van der Waals surface area contributed by atoms with Gasteiger partial charge < -0.3 is 15.4 Å². The molecule has 0 aliphatic heterocycles. The summed E-state index contributed by atoms with van der Waals surface area (Å²) in [4.78, 5) is 12.3. The topological polar surface area (TPSA) is 50.4 Å². The first-order chi connectivity index (χ1) is 13.1. The van der Waals surface area contributed by atoms with Gasteiger partial charge in [-0.2, -0.15) is 8.78 Å². The zero-order valence-corrected chi connectivity index (χ0v) is 14.4. The third-order valence-electron chi connectivity index (χ3n) is 3.83. The van der Waals surface area contributed by atoms with Crippen molar-refractivity contribution in [3.8, 4) is 16.9 Å². The molecule has 0 saturated heterocycles. The summed E-state index contributed by atoms with van der Waals surface area (Å²) in [6.07, 6.45) is 0. The SMILES string of the molecule is O=C(CNc1ccccc1-c1ccccc1)Nc1ccccc1OC(F)F. The van der Waals surface area contributed by atoms with Crippen molar-refractivity contribution in [2.45, 2.75) is 6.61 Å². The number of hydrogen-bond acceptors (Lipinski definition) is 3. The highest BCUT2D eigenvalue weighted by Crippen LogP contribution is 2.28. The molecule has 0 aromatic heterocycles. The van der Waals surface area contributed by atoms with E-state index in [1.807, 2.05) is 54.6 Å². The van der Waals surface area contributed by atoms with Gasteiger partial charge in [-0.05, 0) is 23.8 Å². The first kappa shape index (κ1) is 18.4. The Labute approximate surface area is 155 Å². The fourth-order valence-corrected chi connectivity index (χ4v) is 2.65. The van der Waals surface area contributed by atoms with Gasteiger partial charge in [0, 0.05) is 11.3 Å². The predicted octanol–water partition coefficient (Wildman–Crippen LogP) is 5.01. The first-order valence-corrected chi connectivity index (χ1v) is 8.35. The number of nitrogens with one attached hydrogen (secondary N) is 2. The molecule has 3 aromatic rings. The first-order valence-electron chi connectivity index (χ1n) is 8.35. The highest BCUT2D eigenvalue weighted by atomic mass is 19.3. The lowest BCUT2D eigenvalue weighted by Crippen LogP contribution is -2.22. The molecule has 2 N–H and O–H groups in total. The molecular formula is C21H18F2N2O2. The highest BCUT2D eigenvalue weighted by molar-refractivity contribution is 5.95. The van der Waals surface area contributed by atoms with E-state index in [4.69, 9.17) is 0 Å². The van der Waals surface area contributed by atoms with Crippen molar-refractivity contribution in [1.82, 2.24) is 0 Å². The standard InChI is InChI=1S/C21H18F2N2O2/c22-21(23)27-19-13-7-6-12-18(19)25-20(26)14-24-17-11-5-4-10-16(17)15-8-2-1-3-9-15/h1-13,21,24H,14H2,(H,25,26). The van der Waals surface area contributed by atoms with Crippen LogP contribution in [0, 0.1) is 0 Å². The Kier molecular flexibility index (Phi) is 5.99. The van der Waals surface area contributed by atoms with E-state index in [1.54, 1.807) is 12.1 Å². The number of alkyl halides is 2. The molecular weight excluding hydrogens is 350 g/mol. The molecule has 3 aromatic carbocycles. The van der Waals surface area contributed by atoms with Crippen LogP contribution in [0.15, 0.2) is 78.9 Å². The highest BCUT2D eigenvalue weighted by Gasteiger charge is 2.12. The molecule has 138 valence electrons. The van der Waals surface area contributed by atoms with Gasteiger partial charge in [-0.15, -0.1) is 0 Å². The number of benzene rings is 3. The summed E-state index contributed by atoms with van der Waals surface area (Å²) in [5.41, 5.74) is 2.99. The number of halogens is 2. The quantitative estimate of drug-likeness (QED) is 0.617. The number of rotatable bonds is 7. The molecule has 0 bridgehead atoms. The fraction of sp³-hybridized carbons (Fsp3) is 0.0952. The van der Waals surface area contributed by atoms with Crippen LogP contribution >= 0.6 is 0 Å². The van der Waals surface area contributed by atoms with Gasteiger partial charge in [-0.1, -0.05) is 60.7 Å². The number of carbonyl (C=O) groups is 1. The number of amides is 1. The van der Waals surface area contributed by atoms with Crippen molar-refractivity contribution >= 4 is 17.3 Å². The van der Waals surface area contributed by atoms with Crippen LogP contribution in [0.5, 0.6) is 5.75 Å². The molecule has 0 radical (unpaired) electrons. The molecule has 0 heterocycles. The number of ether oxygens (including phenoxy) is 1. The predicted molar refractivity (Wildman–Crippen MR) is 102 cm³/mol. The van der Waals surface area contributed by atoms with Crippen LogP contribution < -0.4 is 15.4 Å². The van der Waals surface area contributed by atoms with Crippen molar-refractivity contribution < 1.29 is 18.3 Å². The van der Waals surface area contributed by atoms with E-state index in [9.17, 15) is 13.6 Å². The van der Waals surface area contributed by atoms with Crippen LogP contribution in [-0.4, -0.2) is 19.1 Å². The van der Waals surface area contributed by atoms with E-state index in [1.165, 1.54) is 12.1 Å². The number of para-hydroxylation sites is 3. The molecule has 0 spiro atoms. The van der Waals surface area contributed by atoms with Crippen molar-refractivity contribution in [2.24, 2.45) is 0 Å². The lowest BCUT2D eigenvalue weighted by atomic mass is 10.0. The van der Waals surface area contributed by atoms with Gasteiger partial charge >= 0.3 is 6.61 Å². The van der Waals surface area contributed by atoms with Crippen molar-refractivity contribution in [1.29, 1.82) is 0 Å². The molecule has 3 rings (SSSR count). The third kappa shape index (κ3) is 5.04. The van der Waals surface area contributed by atoms with Gasteiger partial charge in [-0.25, -0.2) is 0 Å². The Morgan fingerprint density at radius 3 is 2.22 bits per heavy atom. The zero-order chi connectivity index (χ0) is 19.1. The summed E-state index contributed by atoms with van der Waals surface area (Å²) < 4.78 is 29.3. The Morgan fingerprint density at radius 1 is 0.852 bits per heavy atom. The molecule has 0 atom stereocenters. The van der Waals surface area contributed by atoms with Gasteiger partial charge in [-0.3, -0.25) is 4.79 Å². The number of hydrogen-bond donors (Lipinski definition) is 2. The van der Waals surface area contributed by atoms with E-state index in [2.05, 4.69) is 15.4 Å². The Morgan fingerprint density at radius 2 is 1.48 bits per heavy atom. The fourth-order valence-electron chi connectivity index (χ4n) is 2.65. The van der Waals surface area contributed by atoms with E-state index < -0.39 is 6.61 Å². The van der Waals surface area contributed by atoms with Crippen LogP contribution in [0.4, 0.5) is 20.2 Å². The van der Waals surface area contributed by atoms with Crippen LogP contribution in [0.1, 0.15) is 0 Å². The van der Waals surface area contributed by atoms with Crippen molar-refractivity contribution in [2.75, 3.05) is 17.2 Å². The molecule has 1 amide bonds. The minimum Gasteiger partial charge on any atom is -0.433 e. The summed E-state index contributed by atoms with van der Waals surface area (Å²) >= 11 is 0. The van der Waals surface area contributed by atoms with E-state index in [-0.39, 0.29) is 23.9 Å². The minimum atomic E-state index is -2.96. The van der Waals surface area contributed by atoms with Gasteiger partial charge in [0.1, 0.15) is 5.75 Å². The zero-order valence-electron chi connectivity index (χ0n) is 14.4. The second kappa shape index (κ2) is 8.80. The molecule has 27 heavy (non-hydrogen) atoms. The van der Waals surface area contributed by atoms with Crippen molar-refractivity contribution in [3.63, 3.8) is 0 Å². The van der Waals surface area contributed by atoms with Crippen LogP contribution in [-0.2, 0) is 4.79 Å². The molecule has 0 fully saturated rings. The normalized spacial score (nSPS) is 10.5. The van der Waals surface area contributed by atoms with Gasteiger partial charge in [0.2, 0.25) is 5.91 Å². The number of anilines is 2. The average molecular weight is 368 g/mol. The van der Waals surface area contributed by atoms with Crippen LogP contribution in [0.25, 0.3) is 11.1 Å². The maximum Gasteiger partial charge on any atom is 0.387 e. The Hall–Kier alpha value is -3.41. The molecule has 6 heteroatoms. The molecule has 0 aliphatic rings.